The number of pyridine rings is 1. The molecule has 0 saturated heterocycles. The van der Waals surface area contributed by atoms with Gasteiger partial charge in [-0.2, -0.15) is 0 Å². The lowest BCUT2D eigenvalue weighted by atomic mass is 10.1. The molecule has 0 aliphatic rings. The van der Waals surface area contributed by atoms with Gasteiger partial charge in [-0.3, -0.25) is 19.5 Å². The fourth-order valence-corrected chi connectivity index (χ4v) is 4.93. The third-order valence-electron chi connectivity index (χ3n) is 5.19. The van der Waals surface area contributed by atoms with Crippen LogP contribution in [0.3, 0.4) is 0 Å². The molecule has 0 spiro atoms. The molecule has 1 unspecified atom stereocenters. The highest BCUT2D eigenvalue weighted by molar-refractivity contribution is 7.17. The zero-order valence-corrected chi connectivity index (χ0v) is 16.7. The number of nitrogens with one attached hydrogen (secondary N) is 2. The normalized spacial score (nSPS) is 12.8. The first-order chi connectivity index (χ1) is 14.0. The monoisotopic (exact) mass is 423 g/mol. The van der Waals surface area contributed by atoms with Gasteiger partial charge in [0.25, 0.3) is 11.1 Å². The van der Waals surface area contributed by atoms with Crippen molar-refractivity contribution >= 4 is 54.8 Å². The first kappa shape index (κ1) is 17.9. The molecule has 0 saturated carbocycles. The Morgan fingerprint density at radius 2 is 1.86 bits per heavy atom. The summed E-state index contributed by atoms with van der Waals surface area (Å²) in [6.07, 6.45) is 0. The third kappa shape index (κ3) is 2.66. The zero-order valence-electron chi connectivity index (χ0n) is 15.2. The molecule has 0 aliphatic heterocycles. The molecule has 8 heteroatoms. The molecule has 6 nitrogen and oxygen atoms in total. The van der Waals surface area contributed by atoms with Gasteiger partial charge in [0.05, 0.1) is 11.6 Å². The maximum absolute atomic E-state index is 13.2. The zero-order chi connectivity index (χ0) is 20.3. The Balaban J connectivity index is 1.83. The summed E-state index contributed by atoms with van der Waals surface area (Å²) in [6.45, 7) is 1.83. The van der Waals surface area contributed by atoms with Crippen molar-refractivity contribution in [1.29, 1.82) is 0 Å². The molecule has 5 aromatic rings. The fourth-order valence-electron chi connectivity index (χ4n) is 3.71. The second-order valence-corrected chi connectivity index (χ2v) is 8.22. The Morgan fingerprint density at radius 3 is 2.69 bits per heavy atom. The molecule has 0 fully saturated rings. The standard InChI is InChI=1S/C21H14ClN3O3S/c1-10(14-9-29-16-5-3-2-4-12(14)16)25-21(28)17-18(20(27)24-25)23-15-8-11(22)6-7-13(15)19(17)26/h2-10H,1H3,(H,23,26)(H,24,27). The molecule has 0 amide bonds. The number of aromatic nitrogens is 3. The Bertz CT molecular complexity index is 1610. The number of rotatable bonds is 2. The van der Waals surface area contributed by atoms with Gasteiger partial charge in [-0.25, -0.2) is 4.68 Å². The second-order valence-electron chi connectivity index (χ2n) is 6.87. The first-order valence-corrected chi connectivity index (χ1v) is 10.2. The predicted molar refractivity (Wildman–Crippen MR) is 118 cm³/mol. The summed E-state index contributed by atoms with van der Waals surface area (Å²) in [7, 11) is 0. The minimum Gasteiger partial charge on any atom is -0.350 e. The van der Waals surface area contributed by atoms with E-state index in [4.69, 9.17) is 11.6 Å². The van der Waals surface area contributed by atoms with E-state index >= 15 is 0 Å². The van der Waals surface area contributed by atoms with Gasteiger partial charge in [0.15, 0.2) is 0 Å². The molecule has 0 bridgehead atoms. The highest BCUT2D eigenvalue weighted by Gasteiger charge is 2.20. The van der Waals surface area contributed by atoms with E-state index in [1.807, 2.05) is 36.6 Å². The molecule has 5 rings (SSSR count). The molecular formula is C21H14ClN3O3S. The quantitative estimate of drug-likeness (QED) is 0.420. The predicted octanol–water partition coefficient (Wildman–Crippen LogP) is 4.01. The molecule has 3 heterocycles. The van der Waals surface area contributed by atoms with Gasteiger partial charge >= 0.3 is 0 Å². The lowest BCUT2D eigenvalue weighted by Gasteiger charge is -2.15. The number of H-pyrrole nitrogens is 2. The van der Waals surface area contributed by atoms with Crippen LogP contribution in [0.5, 0.6) is 0 Å². The van der Waals surface area contributed by atoms with Crippen LogP contribution in [0, 0.1) is 0 Å². The summed E-state index contributed by atoms with van der Waals surface area (Å²) < 4.78 is 2.32. The minimum absolute atomic E-state index is 0.0478. The number of aromatic amines is 2. The summed E-state index contributed by atoms with van der Waals surface area (Å²) in [5.74, 6) is 0. The molecule has 29 heavy (non-hydrogen) atoms. The van der Waals surface area contributed by atoms with Crippen LogP contribution >= 0.6 is 22.9 Å². The molecule has 0 aliphatic carbocycles. The van der Waals surface area contributed by atoms with E-state index < -0.39 is 22.6 Å². The Labute approximate surface area is 172 Å². The van der Waals surface area contributed by atoms with Crippen molar-refractivity contribution in [1.82, 2.24) is 14.8 Å². The summed E-state index contributed by atoms with van der Waals surface area (Å²) in [5.41, 5.74) is -0.294. The van der Waals surface area contributed by atoms with E-state index in [9.17, 15) is 14.4 Å². The van der Waals surface area contributed by atoms with Gasteiger partial charge in [0, 0.05) is 15.1 Å². The van der Waals surface area contributed by atoms with Gasteiger partial charge in [0.1, 0.15) is 10.9 Å². The van der Waals surface area contributed by atoms with Gasteiger partial charge in [-0.15, -0.1) is 11.3 Å². The number of halogens is 1. The van der Waals surface area contributed by atoms with E-state index in [-0.39, 0.29) is 10.9 Å². The molecule has 2 N–H and O–H groups in total. The topological polar surface area (TPSA) is 87.7 Å². The van der Waals surface area contributed by atoms with Gasteiger partial charge in [0.2, 0.25) is 5.43 Å². The maximum Gasteiger partial charge on any atom is 0.287 e. The molecular weight excluding hydrogens is 410 g/mol. The molecule has 2 aromatic carbocycles. The van der Waals surface area contributed by atoms with E-state index in [1.54, 1.807) is 29.5 Å². The van der Waals surface area contributed by atoms with Crippen molar-refractivity contribution in [2.24, 2.45) is 0 Å². The van der Waals surface area contributed by atoms with Crippen molar-refractivity contribution in [3.05, 3.63) is 89.4 Å². The van der Waals surface area contributed by atoms with Gasteiger partial charge < -0.3 is 4.98 Å². The van der Waals surface area contributed by atoms with Crippen molar-refractivity contribution in [3.63, 3.8) is 0 Å². The smallest absolute Gasteiger partial charge is 0.287 e. The summed E-state index contributed by atoms with van der Waals surface area (Å²) in [4.78, 5) is 41.9. The van der Waals surface area contributed by atoms with E-state index in [0.717, 1.165) is 15.6 Å². The van der Waals surface area contributed by atoms with Crippen molar-refractivity contribution in [2.75, 3.05) is 0 Å². The number of nitrogens with zero attached hydrogens (tertiary/aromatic N) is 1. The lowest BCUT2D eigenvalue weighted by molar-refractivity contribution is 0.534. The van der Waals surface area contributed by atoms with E-state index in [0.29, 0.717) is 15.9 Å². The fraction of sp³-hybridized carbons (Fsp3) is 0.0952. The third-order valence-corrected chi connectivity index (χ3v) is 6.41. The van der Waals surface area contributed by atoms with Crippen LogP contribution in [-0.4, -0.2) is 14.8 Å². The van der Waals surface area contributed by atoms with Crippen molar-refractivity contribution in [2.45, 2.75) is 13.0 Å². The summed E-state index contributed by atoms with van der Waals surface area (Å²) >= 11 is 7.56. The van der Waals surface area contributed by atoms with Gasteiger partial charge in [-0.1, -0.05) is 29.8 Å². The molecule has 3 aromatic heterocycles. The van der Waals surface area contributed by atoms with Crippen molar-refractivity contribution in [3.8, 4) is 0 Å². The SMILES string of the molecule is CC(c1csc2ccccc12)n1[nH]c(=O)c2[nH]c3cc(Cl)ccc3c(=O)c2c1=O. The number of fused-ring (bicyclic) bond motifs is 3. The van der Waals surface area contributed by atoms with Crippen LogP contribution in [0.2, 0.25) is 5.02 Å². The molecule has 144 valence electrons. The largest absolute Gasteiger partial charge is 0.350 e. The highest BCUT2D eigenvalue weighted by atomic mass is 35.5. The van der Waals surface area contributed by atoms with E-state index in [2.05, 4.69) is 10.1 Å². The number of hydrogen-bond acceptors (Lipinski definition) is 4. The lowest BCUT2D eigenvalue weighted by Crippen LogP contribution is -2.35. The van der Waals surface area contributed by atoms with Crippen LogP contribution in [0.25, 0.3) is 31.9 Å². The molecule has 0 radical (unpaired) electrons. The van der Waals surface area contributed by atoms with Gasteiger partial charge in [-0.05, 0) is 47.5 Å². The van der Waals surface area contributed by atoms with Crippen LogP contribution < -0.4 is 16.5 Å². The summed E-state index contributed by atoms with van der Waals surface area (Å²) in [5, 5.41) is 6.19. The second kappa shape index (κ2) is 6.43. The van der Waals surface area contributed by atoms with Crippen LogP contribution in [0.1, 0.15) is 18.5 Å². The summed E-state index contributed by atoms with van der Waals surface area (Å²) in [6, 6.07) is 12.1. The Kier molecular flexibility index (Phi) is 3.97. The Morgan fingerprint density at radius 1 is 1.07 bits per heavy atom. The minimum atomic E-state index is -0.541. The average molecular weight is 424 g/mol. The van der Waals surface area contributed by atoms with Crippen LogP contribution in [0.4, 0.5) is 0 Å². The average Bonchev–Trinajstić information content (AvgIpc) is 3.14. The number of hydrogen-bond donors (Lipinski definition) is 2. The van der Waals surface area contributed by atoms with E-state index in [1.165, 1.54) is 4.68 Å². The molecule has 1 atom stereocenters. The maximum atomic E-state index is 13.2. The highest BCUT2D eigenvalue weighted by Crippen LogP contribution is 2.31. The first-order valence-electron chi connectivity index (χ1n) is 8.92. The Hall–Kier alpha value is -3.16. The number of benzene rings is 2. The van der Waals surface area contributed by atoms with Crippen LogP contribution in [-0.2, 0) is 0 Å². The van der Waals surface area contributed by atoms with Crippen LogP contribution in [0.15, 0.2) is 62.2 Å². The van der Waals surface area contributed by atoms with Crippen molar-refractivity contribution < 1.29 is 0 Å². The number of thiophene rings is 1.